The van der Waals surface area contributed by atoms with Gasteiger partial charge in [-0.25, -0.2) is 5.84 Å². The van der Waals surface area contributed by atoms with Crippen LogP contribution in [-0.2, 0) is 4.79 Å². The van der Waals surface area contributed by atoms with Gasteiger partial charge in [0.2, 0.25) is 0 Å². The van der Waals surface area contributed by atoms with Gasteiger partial charge in [-0.05, 0) is 5.56 Å². The maximum Gasteiger partial charge on any atom is 0.265 e. The minimum atomic E-state index is -0.954. The Hall–Kier alpha value is -1.10. The maximum atomic E-state index is 11.2. The largest absolute Gasteiger partial charge is 0.383 e. The summed E-state index contributed by atoms with van der Waals surface area (Å²) in [6.45, 7) is 0. The number of amides is 1. The lowest BCUT2D eigenvalue weighted by atomic mass is 10.0. The monoisotopic (exact) mass is 228 g/mol. The fraction of sp³-hybridized carbons (Fsp3) is 0.300. The zero-order valence-corrected chi connectivity index (χ0v) is 8.85. The van der Waals surface area contributed by atoms with Crippen molar-refractivity contribution in [3.8, 4) is 0 Å². The summed E-state index contributed by atoms with van der Waals surface area (Å²) in [6.07, 6.45) is -0.579. The molecule has 2 atom stereocenters. The van der Waals surface area contributed by atoms with Crippen molar-refractivity contribution in [3.63, 3.8) is 0 Å². The molecule has 1 aromatic rings. The van der Waals surface area contributed by atoms with Crippen LogP contribution in [0.3, 0.4) is 0 Å². The molecule has 15 heavy (non-hydrogen) atoms. The van der Waals surface area contributed by atoms with Gasteiger partial charge in [-0.3, -0.25) is 9.80 Å². The van der Waals surface area contributed by atoms with Gasteiger partial charge in [0.25, 0.3) is 5.91 Å². The average Bonchev–Trinajstić information content (AvgIpc) is 2.47. The topological polar surface area (TPSA) is 66.6 Å². The molecule has 0 aromatic heterocycles. The van der Waals surface area contributed by atoms with E-state index in [1.54, 1.807) is 0 Å². The molecule has 1 aliphatic heterocycles. The second-order valence-corrected chi connectivity index (χ2v) is 3.42. The second kappa shape index (κ2) is 4.61. The van der Waals surface area contributed by atoms with E-state index in [9.17, 15) is 9.90 Å². The van der Waals surface area contributed by atoms with Crippen LogP contribution in [0, 0.1) is 0 Å². The van der Waals surface area contributed by atoms with Crippen LogP contribution in [0.15, 0.2) is 30.3 Å². The molecule has 1 heterocycles. The normalized spacial score (nSPS) is 25.2. The number of halogens is 1. The third-order valence-corrected chi connectivity index (χ3v) is 2.51. The molecular weight excluding hydrogens is 216 g/mol. The summed E-state index contributed by atoms with van der Waals surface area (Å²) in [6, 6.07) is 9.28. The molecule has 1 aromatic carbocycles. The number of nitrogens with two attached hydrogens (primary N) is 1. The predicted molar refractivity (Wildman–Crippen MR) is 58.1 cm³/mol. The Kier molecular flexibility index (Phi) is 3.68. The van der Waals surface area contributed by atoms with Crippen LogP contribution in [-0.4, -0.2) is 22.1 Å². The van der Waals surface area contributed by atoms with E-state index in [0.717, 1.165) is 10.6 Å². The Morgan fingerprint density at radius 1 is 1.33 bits per heavy atom. The lowest BCUT2D eigenvalue weighted by Gasteiger charge is -2.18. The molecule has 5 heteroatoms. The van der Waals surface area contributed by atoms with Gasteiger partial charge >= 0.3 is 0 Å². The molecule has 0 bridgehead atoms. The molecule has 0 spiro atoms. The number of carbonyl (C=O) groups excluding carboxylic acids is 1. The molecule has 1 fully saturated rings. The van der Waals surface area contributed by atoms with Gasteiger partial charge in [0, 0.05) is 6.42 Å². The van der Waals surface area contributed by atoms with Crippen molar-refractivity contribution in [3.05, 3.63) is 35.9 Å². The molecule has 0 unspecified atom stereocenters. The number of hydrazine groups is 1. The van der Waals surface area contributed by atoms with E-state index in [1.807, 2.05) is 30.3 Å². The van der Waals surface area contributed by atoms with E-state index >= 15 is 0 Å². The number of benzene rings is 1. The van der Waals surface area contributed by atoms with Crippen molar-refractivity contribution < 1.29 is 9.90 Å². The molecule has 1 amide bonds. The minimum Gasteiger partial charge on any atom is -0.383 e. The van der Waals surface area contributed by atoms with Gasteiger partial charge in [0.05, 0.1) is 6.04 Å². The van der Waals surface area contributed by atoms with Crippen molar-refractivity contribution in [1.29, 1.82) is 0 Å². The summed E-state index contributed by atoms with van der Waals surface area (Å²) < 4.78 is 0. The van der Waals surface area contributed by atoms with E-state index < -0.39 is 12.0 Å². The summed E-state index contributed by atoms with van der Waals surface area (Å²) in [5.41, 5.74) is 0.958. The second-order valence-electron chi connectivity index (χ2n) is 3.42. The highest BCUT2D eigenvalue weighted by atomic mass is 35.5. The first kappa shape index (κ1) is 12.0. The van der Waals surface area contributed by atoms with Crippen molar-refractivity contribution in [2.45, 2.75) is 18.6 Å². The number of aliphatic hydroxyl groups is 1. The van der Waals surface area contributed by atoms with Gasteiger partial charge in [-0.15, -0.1) is 12.4 Å². The number of hydrogen-bond acceptors (Lipinski definition) is 3. The van der Waals surface area contributed by atoms with Gasteiger partial charge < -0.3 is 5.11 Å². The van der Waals surface area contributed by atoms with Crippen molar-refractivity contribution in [1.82, 2.24) is 5.01 Å². The summed E-state index contributed by atoms with van der Waals surface area (Å²) in [4.78, 5) is 11.2. The van der Waals surface area contributed by atoms with Crippen molar-refractivity contribution in [2.75, 3.05) is 0 Å². The first-order valence-electron chi connectivity index (χ1n) is 4.51. The molecular formula is C10H13ClN2O2. The summed E-state index contributed by atoms with van der Waals surface area (Å²) in [5, 5.41) is 10.4. The standard InChI is InChI=1S/C10H12N2O2.ClH/c11-12-8(6-9(13)10(12)14)7-4-2-1-3-5-7;/h1-5,8-9,13H,6,11H2;1H/t8-,9+;/m0./s1. The van der Waals surface area contributed by atoms with Crippen LogP contribution >= 0.6 is 12.4 Å². The van der Waals surface area contributed by atoms with E-state index in [1.165, 1.54) is 0 Å². The molecule has 4 nitrogen and oxygen atoms in total. The number of aliphatic hydroxyl groups excluding tert-OH is 1. The molecule has 1 aliphatic rings. The van der Waals surface area contributed by atoms with Crippen LogP contribution in [0.4, 0.5) is 0 Å². The third-order valence-electron chi connectivity index (χ3n) is 2.51. The first-order chi connectivity index (χ1) is 6.70. The number of carbonyl (C=O) groups is 1. The van der Waals surface area contributed by atoms with E-state index in [4.69, 9.17) is 5.84 Å². The quantitative estimate of drug-likeness (QED) is 0.547. The Morgan fingerprint density at radius 2 is 1.93 bits per heavy atom. The number of rotatable bonds is 1. The van der Waals surface area contributed by atoms with Crippen LogP contribution in [0.25, 0.3) is 0 Å². The van der Waals surface area contributed by atoms with Gasteiger partial charge in [-0.2, -0.15) is 0 Å². The van der Waals surface area contributed by atoms with Gasteiger partial charge in [0.1, 0.15) is 6.10 Å². The maximum absolute atomic E-state index is 11.2. The molecule has 82 valence electrons. The average molecular weight is 229 g/mol. The first-order valence-corrected chi connectivity index (χ1v) is 4.51. The molecule has 0 aliphatic carbocycles. The SMILES string of the molecule is Cl.NN1C(=O)[C@H](O)C[C@H]1c1ccccc1. The predicted octanol–water partition coefficient (Wildman–Crippen LogP) is 0.616. The highest BCUT2D eigenvalue weighted by molar-refractivity contribution is 5.85. The van der Waals surface area contributed by atoms with Crippen LogP contribution in [0.5, 0.6) is 0 Å². The molecule has 3 N–H and O–H groups in total. The highest BCUT2D eigenvalue weighted by Crippen LogP contribution is 2.29. The lowest BCUT2D eigenvalue weighted by Crippen LogP contribution is -2.36. The van der Waals surface area contributed by atoms with E-state index in [0.29, 0.717) is 6.42 Å². The fourth-order valence-electron chi connectivity index (χ4n) is 1.72. The van der Waals surface area contributed by atoms with E-state index in [-0.39, 0.29) is 18.4 Å². The molecule has 2 rings (SSSR count). The highest BCUT2D eigenvalue weighted by Gasteiger charge is 2.37. The van der Waals surface area contributed by atoms with Crippen LogP contribution in [0.1, 0.15) is 18.0 Å². The Balaban J connectivity index is 0.00000112. The molecule has 1 saturated heterocycles. The molecule has 0 saturated carbocycles. The number of nitrogens with zero attached hydrogens (tertiary/aromatic N) is 1. The van der Waals surface area contributed by atoms with Gasteiger partial charge in [-0.1, -0.05) is 30.3 Å². The zero-order chi connectivity index (χ0) is 10.1. The number of hydrogen-bond donors (Lipinski definition) is 2. The van der Waals surface area contributed by atoms with Crippen LogP contribution < -0.4 is 5.84 Å². The Labute approximate surface area is 94.1 Å². The molecule has 0 radical (unpaired) electrons. The van der Waals surface area contributed by atoms with Crippen LogP contribution in [0.2, 0.25) is 0 Å². The summed E-state index contributed by atoms with van der Waals surface area (Å²) >= 11 is 0. The Bertz CT molecular complexity index is 345. The smallest absolute Gasteiger partial charge is 0.265 e. The van der Waals surface area contributed by atoms with Gasteiger partial charge in [0.15, 0.2) is 0 Å². The third kappa shape index (κ3) is 2.12. The summed E-state index contributed by atoms with van der Waals surface area (Å²) in [7, 11) is 0. The summed E-state index contributed by atoms with van der Waals surface area (Å²) in [5.74, 6) is 5.16. The Morgan fingerprint density at radius 3 is 2.40 bits per heavy atom. The fourth-order valence-corrected chi connectivity index (χ4v) is 1.72. The minimum absolute atomic E-state index is 0. The van der Waals surface area contributed by atoms with E-state index in [2.05, 4.69) is 0 Å². The van der Waals surface area contributed by atoms with Crippen molar-refractivity contribution in [2.24, 2.45) is 5.84 Å². The lowest BCUT2D eigenvalue weighted by molar-refractivity contribution is -0.135. The van der Waals surface area contributed by atoms with Crippen molar-refractivity contribution >= 4 is 18.3 Å². The zero-order valence-electron chi connectivity index (χ0n) is 8.04.